The highest BCUT2D eigenvalue weighted by molar-refractivity contribution is 6.07. The molecule has 0 spiro atoms. The van der Waals surface area contributed by atoms with Crippen molar-refractivity contribution in [3.05, 3.63) is 194 Å². The quantitative estimate of drug-likeness (QED) is 0.177. The van der Waals surface area contributed by atoms with Crippen molar-refractivity contribution < 1.29 is 4.42 Å². The molecule has 0 saturated carbocycles. The van der Waals surface area contributed by atoms with E-state index in [9.17, 15) is 0 Å². The number of fused-ring (bicyclic) bond motifs is 5. The summed E-state index contributed by atoms with van der Waals surface area (Å²) in [5.41, 5.74) is 12.6. The smallest absolute Gasteiger partial charge is 0.136 e. The zero-order valence-corrected chi connectivity index (χ0v) is 28.3. The molecule has 10 aromatic rings. The number of furan rings is 1. The molecule has 244 valence electrons. The largest absolute Gasteiger partial charge is 0.456 e. The second-order valence-corrected chi connectivity index (χ2v) is 13.2. The maximum absolute atomic E-state index is 6.29. The molecule has 2 heterocycles. The molecule has 0 N–H and O–H groups in total. The average molecular weight is 665 g/mol. The molecular formula is C49H32N2O. The average Bonchev–Trinajstić information content (AvgIpc) is 3.59. The van der Waals surface area contributed by atoms with Gasteiger partial charge in [0.15, 0.2) is 0 Å². The summed E-state index contributed by atoms with van der Waals surface area (Å²) in [6, 6.07) is 68.7. The van der Waals surface area contributed by atoms with Crippen LogP contribution in [-0.2, 0) is 0 Å². The van der Waals surface area contributed by atoms with Gasteiger partial charge in [-0.15, -0.1) is 0 Å². The number of rotatable bonds is 6. The van der Waals surface area contributed by atoms with Crippen LogP contribution in [-0.4, -0.2) is 4.98 Å². The van der Waals surface area contributed by atoms with Crippen molar-refractivity contribution in [1.29, 1.82) is 0 Å². The van der Waals surface area contributed by atoms with E-state index in [1.807, 2.05) is 12.1 Å². The number of aromatic nitrogens is 1. The highest BCUT2D eigenvalue weighted by atomic mass is 16.3. The molecule has 3 heteroatoms. The lowest BCUT2D eigenvalue weighted by atomic mass is 9.97. The van der Waals surface area contributed by atoms with Crippen LogP contribution in [0.15, 0.2) is 199 Å². The van der Waals surface area contributed by atoms with Gasteiger partial charge in [0, 0.05) is 38.8 Å². The Bertz CT molecular complexity index is 2910. The first-order chi connectivity index (χ1) is 25.7. The van der Waals surface area contributed by atoms with Crippen LogP contribution in [0.4, 0.5) is 17.1 Å². The van der Waals surface area contributed by atoms with E-state index in [2.05, 4.69) is 187 Å². The molecule has 0 saturated heterocycles. The van der Waals surface area contributed by atoms with Crippen LogP contribution < -0.4 is 4.90 Å². The molecule has 0 radical (unpaired) electrons. The SMILES string of the molecule is c1ccc(-c2cccc(N(c3ccc(-c4cc(-c5ccc6c(c5)oc5ccccc56)c5ccccc5n4)cc3)c3ccc4ccccc4c3)c2)cc1. The summed E-state index contributed by atoms with van der Waals surface area (Å²) in [5.74, 6) is 0. The van der Waals surface area contributed by atoms with Crippen LogP contribution >= 0.6 is 0 Å². The van der Waals surface area contributed by atoms with E-state index in [-0.39, 0.29) is 0 Å². The molecule has 0 aliphatic heterocycles. The lowest BCUT2D eigenvalue weighted by molar-refractivity contribution is 0.669. The highest BCUT2D eigenvalue weighted by Crippen LogP contribution is 2.40. The third kappa shape index (κ3) is 5.28. The van der Waals surface area contributed by atoms with Crippen LogP contribution in [0.5, 0.6) is 0 Å². The molecule has 0 aliphatic rings. The van der Waals surface area contributed by atoms with Crippen molar-refractivity contribution in [2.75, 3.05) is 4.90 Å². The summed E-state index contributed by atoms with van der Waals surface area (Å²) in [5, 5.41) is 5.79. The topological polar surface area (TPSA) is 29.3 Å². The number of pyridine rings is 1. The first-order valence-corrected chi connectivity index (χ1v) is 17.6. The Morgan fingerprint density at radius 2 is 1.04 bits per heavy atom. The number of nitrogens with zero attached hydrogens (tertiary/aromatic N) is 2. The van der Waals surface area contributed by atoms with Crippen molar-refractivity contribution >= 4 is 60.7 Å². The maximum atomic E-state index is 6.29. The van der Waals surface area contributed by atoms with E-state index in [1.165, 1.54) is 21.9 Å². The Morgan fingerprint density at radius 1 is 0.365 bits per heavy atom. The van der Waals surface area contributed by atoms with Crippen molar-refractivity contribution in [2.45, 2.75) is 0 Å². The monoisotopic (exact) mass is 664 g/mol. The van der Waals surface area contributed by atoms with E-state index in [0.717, 1.165) is 72.3 Å². The fourth-order valence-corrected chi connectivity index (χ4v) is 7.46. The van der Waals surface area contributed by atoms with Crippen LogP contribution in [0.3, 0.4) is 0 Å². The van der Waals surface area contributed by atoms with Gasteiger partial charge in [-0.2, -0.15) is 0 Å². The molecule has 0 atom stereocenters. The second-order valence-electron chi connectivity index (χ2n) is 13.2. The normalized spacial score (nSPS) is 11.5. The van der Waals surface area contributed by atoms with Gasteiger partial charge in [0.05, 0.1) is 11.2 Å². The zero-order chi connectivity index (χ0) is 34.4. The maximum Gasteiger partial charge on any atom is 0.136 e. The van der Waals surface area contributed by atoms with Gasteiger partial charge < -0.3 is 9.32 Å². The third-order valence-electron chi connectivity index (χ3n) is 10.0. The zero-order valence-electron chi connectivity index (χ0n) is 28.3. The Morgan fingerprint density at radius 3 is 1.92 bits per heavy atom. The Hall–Kier alpha value is -6.97. The number of benzene rings is 8. The van der Waals surface area contributed by atoms with E-state index in [1.54, 1.807) is 0 Å². The molecule has 3 nitrogen and oxygen atoms in total. The molecule has 0 aliphatic carbocycles. The standard InChI is InChI=1S/C49H32N2O/c1-2-11-33(12-3-1)37-15-10-16-40(29-37)51(41-27-21-34-13-4-5-14-36(34)30-41)39-25-22-35(23-26-39)47-32-45(42-17-6-8-19-46(42)50-47)38-24-28-44-43-18-7-9-20-48(43)52-49(44)31-38/h1-32H. The first-order valence-electron chi connectivity index (χ1n) is 17.6. The molecule has 2 aromatic heterocycles. The summed E-state index contributed by atoms with van der Waals surface area (Å²) in [4.78, 5) is 7.50. The van der Waals surface area contributed by atoms with Gasteiger partial charge in [0.25, 0.3) is 0 Å². The summed E-state index contributed by atoms with van der Waals surface area (Å²) in [7, 11) is 0. The Labute approximate surface area is 301 Å². The Kier molecular flexibility index (Phi) is 7.14. The van der Waals surface area contributed by atoms with Crippen LogP contribution in [0.2, 0.25) is 0 Å². The van der Waals surface area contributed by atoms with Crippen molar-refractivity contribution in [2.24, 2.45) is 0 Å². The lowest BCUT2D eigenvalue weighted by Crippen LogP contribution is -2.10. The number of hydrogen-bond donors (Lipinski definition) is 0. The van der Waals surface area contributed by atoms with Crippen molar-refractivity contribution in [3.8, 4) is 33.5 Å². The van der Waals surface area contributed by atoms with Gasteiger partial charge in [0.1, 0.15) is 11.2 Å². The molecule has 0 unspecified atom stereocenters. The predicted molar refractivity (Wildman–Crippen MR) is 218 cm³/mol. The van der Waals surface area contributed by atoms with E-state index in [0.29, 0.717) is 0 Å². The predicted octanol–water partition coefficient (Wildman–Crippen LogP) is 13.8. The molecular weight excluding hydrogens is 633 g/mol. The lowest BCUT2D eigenvalue weighted by Gasteiger charge is -2.26. The fourth-order valence-electron chi connectivity index (χ4n) is 7.46. The minimum absolute atomic E-state index is 0.885. The van der Waals surface area contributed by atoms with Gasteiger partial charge >= 0.3 is 0 Å². The minimum Gasteiger partial charge on any atom is -0.456 e. The summed E-state index contributed by atoms with van der Waals surface area (Å²) in [6.07, 6.45) is 0. The van der Waals surface area contributed by atoms with Crippen molar-refractivity contribution in [1.82, 2.24) is 4.98 Å². The Balaban J connectivity index is 1.08. The fraction of sp³-hybridized carbons (Fsp3) is 0. The molecule has 0 bridgehead atoms. The van der Waals surface area contributed by atoms with E-state index in [4.69, 9.17) is 9.40 Å². The molecule has 8 aromatic carbocycles. The van der Waals surface area contributed by atoms with Gasteiger partial charge in [-0.25, -0.2) is 4.98 Å². The minimum atomic E-state index is 0.885. The summed E-state index contributed by atoms with van der Waals surface area (Å²) >= 11 is 0. The highest BCUT2D eigenvalue weighted by Gasteiger charge is 2.16. The van der Waals surface area contributed by atoms with E-state index < -0.39 is 0 Å². The number of hydrogen-bond acceptors (Lipinski definition) is 3. The van der Waals surface area contributed by atoms with E-state index >= 15 is 0 Å². The summed E-state index contributed by atoms with van der Waals surface area (Å²) < 4.78 is 6.29. The summed E-state index contributed by atoms with van der Waals surface area (Å²) in [6.45, 7) is 0. The second kappa shape index (κ2) is 12.4. The number of para-hydroxylation sites is 2. The molecule has 52 heavy (non-hydrogen) atoms. The van der Waals surface area contributed by atoms with Crippen LogP contribution in [0, 0.1) is 0 Å². The van der Waals surface area contributed by atoms with Gasteiger partial charge in [-0.1, -0.05) is 127 Å². The first kappa shape index (κ1) is 29.9. The van der Waals surface area contributed by atoms with Gasteiger partial charge in [-0.3, -0.25) is 0 Å². The van der Waals surface area contributed by atoms with Crippen LogP contribution in [0.1, 0.15) is 0 Å². The van der Waals surface area contributed by atoms with Crippen LogP contribution in [0.25, 0.3) is 77.1 Å². The molecule has 0 fully saturated rings. The third-order valence-corrected chi connectivity index (χ3v) is 10.0. The molecule has 10 rings (SSSR count). The molecule has 0 amide bonds. The van der Waals surface area contributed by atoms with Gasteiger partial charge in [0.2, 0.25) is 0 Å². The number of anilines is 3. The van der Waals surface area contributed by atoms with Gasteiger partial charge in [-0.05, 0) is 99.8 Å². The van der Waals surface area contributed by atoms with Crippen molar-refractivity contribution in [3.63, 3.8) is 0 Å².